The van der Waals surface area contributed by atoms with E-state index in [-0.39, 0.29) is 0 Å². The zero-order valence-electron chi connectivity index (χ0n) is 10.6. The predicted molar refractivity (Wildman–Crippen MR) is 63.6 cm³/mol. The van der Waals surface area contributed by atoms with E-state index in [9.17, 15) is 0 Å². The molecular weight excluding hydrogens is 192 g/mol. The van der Waals surface area contributed by atoms with Crippen LogP contribution in [0.2, 0.25) is 19.6 Å². The van der Waals surface area contributed by atoms with Crippen LogP contribution in [0.4, 0.5) is 0 Å². The SMILES string of the molecule is CC(C)=C(OCC(C)C)O[Si](C)(C)C. The molecule has 0 aliphatic rings. The van der Waals surface area contributed by atoms with Crippen molar-refractivity contribution in [1.82, 2.24) is 0 Å². The molecule has 0 aromatic carbocycles. The van der Waals surface area contributed by atoms with Gasteiger partial charge in [0.05, 0.1) is 6.61 Å². The van der Waals surface area contributed by atoms with Gasteiger partial charge in [0.2, 0.25) is 8.32 Å². The lowest BCUT2D eigenvalue weighted by Crippen LogP contribution is -2.26. The minimum absolute atomic E-state index is 0.537. The van der Waals surface area contributed by atoms with E-state index in [4.69, 9.17) is 9.16 Å². The maximum atomic E-state index is 5.85. The fourth-order valence-electron chi connectivity index (χ4n) is 0.796. The molecule has 0 atom stereocenters. The highest BCUT2D eigenvalue weighted by molar-refractivity contribution is 6.70. The Labute approximate surface area is 89.4 Å². The summed E-state index contributed by atoms with van der Waals surface area (Å²) >= 11 is 0. The van der Waals surface area contributed by atoms with Gasteiger partial charge in [0, 0.05) is 5.57 Å². The second kappa shape index (κ2) is 5.44. The summed E-state index contributed by atoms with van der Waals surface area (Å²) in [4.78, 5) is 0. The van der Waals surface area contributed by atoms with Crippen LogP contribution < -0.4 is 0 Å². The second-order valence-corrected chi connectivity index (χ2v) is 9.64. The van der Waals surface area contributed by atoms with Crippen molar-refractivity contribution in [3.8, 4) is 0 Å². The van der Waals surface area contributed by atoms with Crippen LogP contribution in [0.15, 0.2) is 11.5 Å². The van der Waals surface area contributed by atoms with Crippen LogP contribution in [0.1, 0.15) is 27.7 Å². The van der Waals surface area contributed by atoms with Gasteiger partial charge in [-0.3, -0.25) is 0 Å². The average molecular weight is 216 g/mol. The zero-order chi connectivity index (χ0) is 11.4. The first-order valence-corrected chi connectivity index (χ1v) is 8.62. The van der Waals surface area contributed by atoms with Gasteiger partial charge in [-0.05, 0) is 39.4 Å². The molecule has 0 unspecified atom stereocenters. The summed E-state index contributed by atoms with van der Waals surface area (Å²) in [6.45, 7) is 15.5. The third-order valence-corrected chi connectivity index (χ3v) is 2.15. The molecule has 14 heavy (non-hydrogen) atoms. The van der Waals surface area contributed by atoms with Crippen molar-refractivity contribution in [2.45, 2.75) is 47.3 Å². The summed E-state index contributed by atoms with van der Waals surface area (Å²) in [6.07, 6.45) is 0. The largest absolute Gasteiger partial charge is 0.520 e. The summed E-state index contributed by atoms with van der Waals surface area (Å²) in [7, 11) is -1.54. The van der Waals surface area contributed by atoms with Crippen LogP contribution >= 0.6 is 0 Å². The Bertz CT molecular complexity index is 198. The molecule has 2 nitrogen and oxygen atoms in total. The molecule has 0 spiro atoms. The molecule has 0 aromatic heterocycles. The van der Waals surface area contributed by atoms with Gasteiger partial charge in [-0.2, -0.15) is 0 Å². The summed E-state index contributed by atoms with van der Waals surface area (Å²) in [5.41, 5.74) is 1.12. The van der Waals surface area contributed by atoms with Crippen molar-refractivity contribution in [1.29, 1.82) is 0 Å². The van der Waals surface area contributed by atoms with Gasteiger partial charge in [0.25, 0.3) is 5.95 Å². The van der Waals surface area contributed by atoms with Crippen LogP contribution in [0.5, 0.6) is 0 Å². The van der Waals surface area contributed by atoms with Gasteiger partial charge in [-0.15, -0.1) is 0 Å². The minimum Gasteiger partial charge on any atom is -0.520 e. The molecule has 0 bridgehead atoms. The fraction of sp³-hybridized carbons (Fsp3) is 0.818. The van der Waals surface area contributed by atoms with Crippen molar-refractivity contribution in [3.05, 3.63) is 11.5 Å². The Hall–Kier alpha value is -0.443. The summed E-state index contributed by atoms with van der Waals surface area (Å²) in [5.74, 6) is 1.27. The van der Waals surface area contributed by atoms with Gasteiger partial charge in [-0.1, -0.05) is 13.8 Å². The molecule has 0 radical (unpaired) electrons. The molecule has 0 amide bonds. The van der Waals surface area contributed by atoms with Crippen LogP contribution in [-0.2, 0) is 9.16 Å². The van der Waals surface area contributed by atoms with Crippen LogP contribution in [0, 0.1) is 5.92 Å². The molecule has 0 fully saturated rings. The number of hydrogen-bond acceptors (Lipinski definition) is 2. The Kier molecular flexibility index (Phi) is 5.27. The molecule has 0 rings (SSSR count). The van der Waals surface area contributed by atoms with E-state index >= 15 is 0 Å². The Balaban J connectivity index is 4.28. The highest BCUT2D eigenvalue weighted by Crippen LogP contribution is 2.16. The lowest BCUT2D eigenvalue weighted by atomic mass is 10.2. The number of hydrogen-bond donors (Lipinski definition) is 0. The normalized spacial score (nSPS) is 11.4. The van der Waals surface area contributed by atoms with Crippen molar-refractivity contribution in [3.63, 3.8) is 0 Å². The highest BCUT2D eigenvalue weighted by atomic mass is 28.4. The van der Waals surface area contributed by atoms with E-state index in [1.165, 1.54) is 0 Å². The number of allylic oxidation sites excluding steroid dienone is 1. The summed E-state index contributed by atoms with van der Waals surface area (Å²) in [6, 6.07) is 0. The zero-order valence-corrected chi connectivity index (χ0v) is 11.6. The predicted octanol–water partition coefficient (Wildman–Crippen LogP) is 3.76. The van der Waals surface area contributed by atoms with Crippen molar-refractivity contribution >= 4 is 8.32 Å². The molecule has 0 saturated carbocycles. The van der Waals surface area contributed by atoms with Crippen LogP contribution in [0.3, 0.4) is 0 Å². The van der Waals surface area contributed by atoms with E-state index in [2.05, 4.69) is 33.5 Å². The van der Waals surface area contributed by atoms with Gasteiger partial charge in [0.1, 0.15) is 0 Å². The lowest BCUT2D eigenvalue weighted by Gasteiger charge is -2.23. The van der Waals surface area contributed by atoms with E-state index in [0.717, 1.165) is 18.1 Å². The lowest BCUT2D eigenvalue weighted by molar-refractivity contribution is 0.0813. The molecule has 84 valence electrons. The van der Waals surface area contributed by atoms with E-state index in [1.807, 2.05) is 13.8 Å². The maximum absolute atomic E-state index is 5.85. The van der Waals surface area contributed by atoms with Crippen LogP contribution in [0.25, 0.3) is 0 Å². The standard InChI is InChI=1S/C11H24O2Si/c1-9(2)8-12-11(10(3)4)13-14(5,6)7/h9H,8H2,1-7H3. The number of rotatable bonds is 5. The molecule has 3 heteroatoms. The molecule has 0 heterocycles. The topological polar surface area (TPSA) is 18.5 Å². The summed E-state index contributed by atoms with van der Waals surface area (Å²) in [5, 5.41) is 0. The molecular formula is C11H24O2Si. The average Bonchev–Trinajstić information content (AvgIpc) is 1.94. The molecule has 0 aliphatic heterocycles. The molecule has 0 aliphatic carbocycles. The molecule has 0 saturated heterocycles. The third-order valence-electron chi connectivity index (χ3n) is 1.35. The van der Waals surface area contributed by atoms with Gasteiger partial charge < -0.3 is 9.16 Å². The Morgan fingerprint density at radius 2 is 1.64 bits per heavy atom. The van der Waals surface area contributed by atoms with Crippen molar-refractivity contribution in [2.75, 3.05) is 6.61 Å². The van der Waals surface area contributed by atoms with Crippen molar-refractivity contribution in [2.24, 2.45) is 5.92 Å². The maximum Gasteiger partial charge on any atom is 0.263 e. The van der Waals surface area contributed by atoms with E-state index in [1.54, 1.807) is 0 Å². The molecule has 0 aromatic rings. The van der Waals surface area contributed by atoms with Crippen LogP contribution in [-0.4, -0.2) is 14.9 Å². The summed E-state index contributed by atoms with van der Waals surface area (Å²) < 4.78 is 11.5. The Morgan fingerprint density at radius 1 is 1.14 bits per heavy atom. The number of ether oxygens (including phenoxy) is 1. The third kappa shape index (κ3) is 7.01. The monoisotopic (exact) mass is 216 g/mol. The smallest absolute Gasteiger partial charge is 0.263 e. The molecule has 0 N–H and O–H groups in total. The minimum atomic E-state index is -1.54. The van der Waals surface area contributed by atoms with Crippen molar-refractivity contribution < 1.29 is 9.16 Å². The quantitative estimate of drug-likeness (QED) is 0.514. The van der Waals surface area contributed by atoms with E-state index < -0.39 is 8.32 Å². The first-order chi connectivity index (χ1) is 6.22. The highest BCUT2D eigenvalue weighted by Gasteiger charge is 2.19. The Morgan fingerprint density at radius 3 is 1.93 bits per heavy atom. The van der Waals surface area contributed by atoms with Gasteiger partial charge >= 0.3 is 0 Å². The first kappa shape index (κ1) is 13.6. The first-order valence-electron chi connectivity index (χ1n) is 5.21. The van der Waals surface area contributed by atoms with Gasteiger partial charge in [-0.25, -0.2) is 0 Å². The van der Waals surface area contributed by atoms with E-state index in [0.29, 0.717) is 5.92 Å². The fourth-order valence-corrected chi connectivity index (χ4v) is 1.62. The second-order valence-electron chi connectivity index (χ2n) is 5.21. The van der Waals surface area contributed by atoms with Gasteiger partial charge in [0.15, 0.2) is 0 Å².